The van der Waals surface area contributed by atoms with Crippen molar-refractivity contribution in [3.63, 3.8) is 0 Å². The smallest absolute Gasteiger partial charge is 0.243 e. The number of likely N-dealkylation sites (N-methyl/N-ethyl adjacent to an activating group) is 1. The first kappa shape index (κ1) is 30.4. The fourth-order valence-corrected chi connectivity index (χ4v) is 5.90. The number of anilines is 1. The topological polar surface area (TPSA) is 105 Å². The Morgan fingerprint density at radius 2 is 1.68 bits per heavy atom. The van der Waals surface area contributed by atoms with Crippen LogP contribution in [0.4, 0.5) is 5.69 Å². The van der Waals surface area contributed by atoms with Crippen LogP contribution in [0.3, 0.4) is 0 Å². The fraction of sp³-hybridized carbons (Fsp3) is 0.333. The molecule has 2 amide bonds. The molecule has 1 unspecified atom stereocenters. The average molecular weight is 645 g/mol. The molecule has 11 heteroatoms. The van der Waals surface area contributed by atoms with Crippen LogP contribution in [0.5, 0.6) is 11.5 Å². The zero-order valence-corrected chi connectivity index (χ0v) is 25.5. The first-order chi connectivity index (χ1) is 19.7. The van der Waals surface area contributed by atoms with Gasteiger partial charge in [-0.25, -0.2) is 8.42 Å². The van der Waals surface area contributed by atoms with Gasteiger partial charge in [0.25, 0.3) is 0 Å². The number of fused-ring (bicyclic) bond motifs is 1. The summed E-state index contributed by atoms with van der Waals surface area (Å²) in [7, 11) is -3.64. The van der Waals surface area contributed by atoms with Gasteiger partial charge in [-0.15, -0.1) is 0 Å². The van der Waals surface area contributed by atoms with E-state index >= 15 is 0 Å². The number of sulfonamides is 1. The van der Waals surface area contributed by atoms with Gasteiger partial charge >= 0.3 is 0 Å². The van der Waals surface area contributed by atoms with Crippen LogP contribution < -0.4 is 19.1 Å². The van der Waals surface area contributed by atoms with E-state index in [2.05, 4.69) is 21.2 Å². The highest BCUT2D eigenvalue weighted by molar-refractivity contribution is 9.10. The molecule has 0 saturated carbocycles. The largest absolute Gasteiger partial charge is 0.454 e. The summed E-state index contributed by atoms with van der Waals surface area (Å²) in [6.45, 7) is 2.67. The normalized spacial score (nSPS) is 13.0. The van der Waals surface area contributed by atoms with Gasteiger partial charge in [0.15, 0.2) is 11.5 Å². The highest BCUT2D eigenvalue weighted by Gasteiger charge is 2.30. The maximum Gasteiger partial charge on any atom is 0.243 e. The molecule has 1 atom stereocenters. The van der Waals surface area contributed by atoms with Gasteiger partial charge < -0.3 is 19.7 Å². The molecule has 9 nitrogen and oxygen atoms in total. The van der Waals surface area contributed by atoms with E-state index in [1.807, 2.05) is 61.5 Å². The summed E-state index contributed by atoms with van der Waals surface area (Å²) in [5.74, 6) is 0.550. The molecule has 41 heavy (non-hydrogen) atoms. The van der Waals surface area contributed by atoms with E-state index in [0.29, 0.717) is 30.2 Å². The van der Waals surface area contributed by atoms with Crippen molar-refractivity contribution >= 4 is 43.5 Å². The Balaban J connectivity index is 1.55. The lowest BCUT2D eigenvalue weighted by atomic mass is 10.0. The number of halogens is 1. The lowest BCUT2D eigenvalue weighted by molar-refractivity contribution is -0.141. The van der Waals surface area contributed by atoms with Gasteiger partial charge in [0.05, 0.1) is 11.9 Å². The van der Waals surface area contributed by atoms with E-state index in [4.69, 9.17) is 9.47 Å². The third-order valence-electron chi connectivity index (χ3n) is 6.68. The molecule has 1 aliphatic rings. The Kier molecular flexibility index (Phi) is 10.3. The van der Waals surface area contributed by atoms with Gasteiger partial charge in [-0.2, -0.15) is 0 Å². The Morgan fingerprint density at radius 3 is 2.37 bits per heavy atom. The standard InChI is InChI=1S/C30H34BrN3O6S/c1-3-32-30(36)26(18-22-8-5-4-6-9-22)33(20-23-11-13-24(31)14-12-23)29(35)10-7-17-34(41(2,37)38)25-15-16-27-28(19-25)40-21-39-27/h4-6,8-9,11-16,19,26H,3,7,10,17-18,20-21H2,1-2H3,(H,32,36). The molecule has 0 aromatic heterocycles. The Morgan fingerprint density at radius 1 is 0.976 bits per heavy atom. The van der Waals surface area contributed by atoms with Crippen LogP contribution in [-0.4, -0.2) is 57.3 Å². The number of hydrogen-bond acceptors (Lipinski definition) is 6. The summed E-state index contributed by atoms with van der Waals surface area (Å²) < 4.78 is 38.3. The van der Waals surface area contributed by atoms with Crippen LogP contribution in [0.2, 0.25) is 0 Å². The lowest BCUT2D eigenvalue weighted by Gasteiger charge is -2.32. The van der Waals surface area contributed by atoms with E-state index in [1.165, 1.54) is 4.31 Å². The first-order valence-corrected chi connectivity index (χ1v) is 16.0. The predicted molar refractivity (Wildman–Crippen MR) is 161 cm³/mol. The molecule has 0 radical (unpaired) electrons. The summed E-state index contributed by atoms with van der Waals surface area (Å²) in [5, 5.41) is 2.88. The van der Waals surface area contributed by atoms with Crippen molar-refractivity contribution in [1.29, 1.82) is 0 Å². The van der Waals surface area contributed by atoms with Gasteiger partial charge in [0.2, 0.25) is 28.6 Å². The minimum absolute atomic E-state index is 0.0534. The monoisotopic (exact) mass is 643 g/mol. The predicted octanol–water partition coefficient (Wildman–Crippen LogP) is 4.50. The minimum atomic E-state index is -3.64. The number of hydrogen-bond donors (Lipinski definition) is 1. The number of rotatable bonds is 13. The fourth-order valence-electron chi connectivity index (χ4n) is 4.68. The molecular weight excluding hydrogens is 610 g/mol. The maximum absolute atomic E-state index is 13.8. The number of nitrogens with zero attached hydrogens (tertiary/aromatic N) is 2. The molecule has 0 fully saturated rings. The summed E-state index contributed by atoms with van der Waals surface area (Å²) in [6.07, 6.45) is 1.79. The van der Waals surface area contributed by atoms with E-state index in [0.717, 1.165) is 21.9 Å². The van der Waals surface area contributed by atoms with Crippen molar-refractivity contribution < 1.29 is 27.5 Å². The van der Waals surface area contributed by atoms with Gasteiger partial charge in [-0.05, 0) is 48.7 Å². The van der Waals surface area contributed by atoms with Crippen molar-refractivity contribution in [3.05, 3.63) is 88.4 Å². The Labute approximate surface area is 249 Å². The number of benzene rings is 3. The number of carbonyl (C=O) groups is 2. The minimum Gasteiger partial charge on any atom is -0.454 e. The highest BCUT2D eigenvalue weighted by atomic mass is 79.9. The quantitative estimate of drug-likeness (QED) is 0.294. The number of ether oxygens (including phenoxy) is 2. The molecule has 3 aromatic rings. The molecule has 0 aliphatic carbocycles. The van der Waals surface area contributed by atoms with E-state index in [1.54, 1.807) is 23.1 Å². The molecular formula is C30H34BrN3O6S. The van der Waals surface area contributed by atoms with Gasteiger partial charge in [0.1, 0.15) is 6.04 Å². The van der Waals surface area contributed by atoms with Crippen LogP contribution in [0.25, 0.3) is 0 Å². The zero-order valence-electron chi connectivity index (χ0n) is 23.1. The molecule has 0 spiro atoms. The van der Waals surface area contributed by atoms with Crippen molar-refractivity contribution in [2.75, 3.05) is 30.4 Å². The van der Waals surface area contributed by atoms with Crippen LogP contribution in [0.15, 0.2) is 77.3 Å². The van der Waals surface area contributed by atoms with E-state index in [9.17, 15) is 18.0 Å². The lowest BCUT2D eigenvalue weighted by Crippen LogP contribution is -2.50. The van der Waals surface area contributed by atoms with Crippen molar-refractivity contribution in [2.24, 2.45) is 0 Å². The second-order valence-electron chi connectivity index (χ2n) is 9.72. The molecule has 3 aromatic carbocycles. The van der Waals surface area contributed by atoms with Crippen LogP contribution in [0, 0.1) is 0 Å². The maximum atomic E-state index is 13.8. The van der Waals surface area contributed by atoms with Crippen molar-refractivity contribution in [1.82, 2.24) is 10.2 Å². The van der Waals surface area contributed by atoms with E-state index in [-0.39, 0.29) is 44.5 Å². The highest BCUT2D eigenvalue weighted by Crippen LogP contribution is 2.36. The van der Waals surface area contributed by atoms with Crippen LogP contribution in [0.1, 0.15) is 30.9 Å². The van der Waals surface area contributed by atoms with Crippen LogP contribution in [-0.2, 0) is 32.6 Å². The zero-order chi connectivity index (χ0) is 29.4. The van der Waals surface area contributed by atoms with Crippen molar-refractivity contribution in [3.8, 4) is 11.5 Å². The second-order valence-corrected chi connectivity index (χ2v) is 12.5. The third-order valence-corrected chi connectivity index (χ3v) is 8.41. The SMILES string of the molecule is CCNC(=O)C(Cc1ccccc1)N(Cc1ccc(Br)cc1)C(=O)CCCN(c1ccc2c(c1)OCO2)S(C)(=O)=O. The van der Waals surface area contributed by atoms with E-state index < -0.39 is 16.1 Å². The summed E-state index contributed by atoms with van der Waals surface area (Å²) in [5.41, 5.74) is 2.24. The Hall–Kier alpha value is -3.57. The molecule has 1 N–H and O–H groups in total. The molecule has 1 heterocycles. The summed E-state index contributed by atoms with van der Waals surface area (Å²) >= 11 is 3.44. The molecule has 4 rings (SSSR count). The molecule has 0 bridgehead atoms. The molecule has 1 aliphatic heterocycles. The number of nitrogens with one attached hydrogen (secondary N) is 1. The second kappa shape index (κ2) is 13.9. The molecule has 0 saturated heterocycles. The van der Waals surface area contributed by atoms with Gasteiger partial charge in [-0.1, -0.05) is 58.4 Å². The summed E-state index contributed by atoms with van der Waals surface area (Å²) in [4.78, 5) is 28.7. The van der Waals surface area contributed by atoms with Crippen molar-refractivity contribution in [2.45, 2.75) is 38.8 Å². The Bertz CT molecular complexity index is 1450. The molecule has 218 valence electrons. The summed E-state index contributed by atoms with van der Waals surface area (Å²) in [6, 6.07) is 21.4. The van der Waals surface area contributed by atoms with Gasteiger partial charge in [-0.3, -0.25) is 13.9 Å². The van der Waals surface area contributed by atoms with Gasteiger partial charge in [0, 0.05) is 43.0 Å². The first-order valence-electron chi connectivity index (χ1n) is 13.4. The van der Waals surface area contributed by atoms with Crippen LogP contribution >= 0.6 is 15.9 Å². The number of amides is 2. The third kappa shape index (κ3) is 8.23. The average Bonchev–Trinajstić information content (AvgIpc) is 3.42. The number of carbonyl (C=O) groups excluding carboxylic acids is 2.